The van der Waals surface area contributed by atoms with E-state index in [9.17, 15) is 8.42 Å². The summed E-state index contributed by atoms with van der Waals surface area (Å²) in [6, 6.07) is 7.40. The first kappa shape index (κ1) is 17.4. The minimum absolute atomic E-state index is 0.0709. The van der Waals surface area contributed by atoms with Gasteiger partial charge in [0.1, 0.15) is 11.2 Å². The molecule has 140 valence electrons. The van der Waals surface area contributed by atoms with Gasteiger partial charge in [0.15, 0.2) is 11.6 Å². The highest BCUT2D eigenvalue weighted by Crippen LogP contribution is 2.20. The summed E-state index contributed by atoms with van der Waals surface area (Å²) in [4.78, 5) is 6.11. The number of hydrogen-bond acceptors (Lipinski definition) is 9. The molecule has 0 bridgehead atoms. The van der Waals surface area contributed by atoms with Crippen molar-refractivity contribution in [2.45, 2.75) is 4.90 Å². The standard InChI is InChI=1S/C16H17N7O3S/c24-27(25,14-11-18-26-12-14)23-8-6-22(7-9-23)16-4-3-15(20-21-16)19-13-2-1-5-17-10-13/h1-5,10-12H,6-9H2,(H,19,20). The van der Waals surface area contributed by atoms with Gasteiger partial charge in [-0.1, -0.05) is 5.16 Å². The van der Waals surface area contributed by atoms with E-state index in [1.54, 1.807) is 12.4 Å². The first-order valence-electron chi connectivity index (χ1n) is 8.28. The van der Waals surface area contributed by atoms with Crippen LogP contribution in [-0.4, -0.2) is 59.2 Å². The van der Waals surface area contributed by atoms with Crippen LogP contribution in [0.15, 0.2) is 58.5 Å². The first-order chi connectivity index (χ1) is 13.1. The molecule has 1 fully saturated rings. The minimum atomic E-state index is -3.57. The lowest BCUT2D eigenvalue weighted by atomic mass is 10.3. The van der Waals surface area contributed by atoms with Gasteiger partial charge in [-0.05, 0) is 24.3 Å². The van der Waals surface area contributed by atoms with Gasteiger partial charge in [0.05, 0.1) is 18.1 Å². The number of anilines is 3. The molecule has 0 aliphatic carbocycles. The second-order valence-corrected chi connectivity index (χ2v) is 7.83. The second kappa shape index (κ2) is 7.29. The van der Waals surface area contributed by atoms with E-state index in [1.807, 2.05) is 29.2 Å². The third-order valence-corrected chi connectivity index (χ3v) is 6.04. The lowest BCUT2D eigenvalue weighted by Gasteiger charge is -2.34. The highest BCUT2D eigenvalue weighted by molar-refractivity contribution is 7.89. The van der Waals surface area contributed by atoms with Gasteiger partial charge in [-0.25, -0.2) is 8.42 Å². The number of piperazine rings is 1. The molecule has 11 heteroatoms. The molecule has 0 aromatic carbocycles. The molecule has 3 aromatic heterocycles. The van der Waals surface area contributed by atoms with Crippen LogP contribution in [-0.2, 0) is 10.0 Å². The van der Waals surface area contributed by atoms with Gasteiger partial charge in [0, 0.05) is 32.4 Å². The first-order valence-corrected chi connectivity index (χ1v) is 9.72. The van der Waals surface area contributed by atoms with Crippen molar-refractivity contribution < 1.29 is 12.9 Å². The van der Waals surface area contributed by atoms with Crippen LogP contribution in [0.25, 0.3) is 0 Å². The molecule has 1 aliphatic rings. The largest absolute Gasteiger partial charge is 0.363 e. The monoisotopic (exact) mass is 387 g/mol. The summed E-state index contributed by atoms with van der Waals surface area (Å²) >= 11 is 0. The summed E-state index contributed by atoms with van der Waals surface area (Å²) in [6.45, 7) is 1.75. The van der Waals surface area contributed by atoms with Gasteiger partial charge < -0.3 is 14.7 Å². The Hall–Kier alpha value is -3.05. The molecule has 4 heterocycles. The quantitative estimate of drug-likeness (QED) is 0.687. The minimum Gasteiger partial charge on any atom is -0.363 e. The molecule has 4 rings (SSSR count). The summed E-state index contributed by atoms with van der Waals surface area (Å²) in [5.74, 6) is 1.31. The normalized spacial score (nSPS) is 15.6. The maximum absolute atomic E-state index is 12.5. The van der Waals surface area contributed by atoms with Crippen LogP contribution in [0.3, 0.4) is 0 Å². The van der Waals surface area contributed by atoms with Gasteiger partial charge in [0.25, 0.3) is 0 Å². The van der Waals surface area contributed by atoms with Gasteiger partial charge in [-0.3, -0.25) is 4.98 Å². The average Bonchev–Trinajstić information content (AvgIpc) is 3.25. The molecular weight excluding hydrogens is 370 g/mol. The van der Waals surface area contributed by atoms with E-state index in [0.29, 0.717) is 37.8 Å². The van der Waals surface area contributed by atoms with E-state index >= 15 is 0 Å². The van der Waals surface area contributed by atoms with E-state index in [0.717, 1.165) is 12.0 Å². The zero-order valence-electron chi connectivity index (χ0n) is 14.3. The van der Waals surface area contributed by atoms with Crippen molar-refractivity contribution in [1.82, 2.24) is 24.6 Å². The highest BCUT2D eigenvalue weighted by atomic mass is 32.2. The van der Waals surface area contributed by atoms with E-state index in [1.165, 1.54) is 10.5 Å². The number of nitrogens with one attached hydrogen (secondary N) is 1. The van der Waals surface area contributed by atoms with Crippen molar-refractivity contribution in [3.05, 3.63) is 49.1 Å². The van der Waals surface area contributed by atoms with Crippen molar-refractivity contribution in [2.75, 3.05) is 36.4 Å². The smallest absolute Gasteiger partial charge is 0.248 e. The molecular formula is C16H17N7O3S. The van der Waals surface area contributed by atoms with Crippen molar-refractivity contribution in [1.29, 1.82) is 0 Å². The highest BCUT2D eigenvalue weighted by Gasteiger charge is 2.30. The Morgan fingerprint density at radius 1 is 1.04 bits per heavy atom. The SMILES string of the molecule is O=S(=O)(c1cnoc1)N1CCN(c2ccc(Nc3cccnc3)nn2)CC1. The average molecular weight is 387 g/mol. The molecule has 0 spiro atoms. The fraction of sp³-hybridized carbons (Fsp3) is 0.250. The second-order valence-electron chi connectivity index (χ2n) is 5.89. The van der Waals surface area contributed by atoms with E-state index < -0.39 is 10.0 Å². The lowest BCUT2D eigenvalue weighted by Crippen LogP contribution is -2.48. The van der Waals surface area contributed by atoms with Crippen molar-refractivity contribution in [2.24, 2.45) is 0 Å². The lowest BCUT2D eigenvalue weighted by molar-refractivity contribution is 0.382. The molecule has 0 unspecified atom stereocenters. The van der Waals surface area contributed by atoms with Crippen LogP contribution >= 0.6 is 0 Å². The molecule has 0 radical (unpaired) electrons. The molecule has 0 atom stereocenters. The fourth-order valence-corrected chi connectivity index (χ4v) is 4.06. The summed E-state index contributed by atoms with van der Waals surface area (Å²) in [5, 5.41) is 15.0. The molecule has 1 aliphatic heterocycles. The van der Waals surface area contributed by atoms with Crippen LogP contribution in [0.1, 0.15) is 0 Å². The Balaban J connectivity index is 1.38. The van der Waals surface area contributed by atoms with Gasteiger partial charge in [0.2, 0.25) is 10.0 Å². The number of pyridine rings is 1. The van der Waals surface area contributed by atoms with E-state index in [2.05, 4.69) is 30.2 Å². The Morgan fingerprint density at radius 2 is 1.89 bits per heavy atom. The van der Waals surface area contributed by atoms with Gasteiger partial charge >= 0.3 is 0 Å². The predicted molar refractivity (Wildman–Crippen MR) is 97.0 cm³/mol. The zero-order chi connectivity index (χ0) is 18.7. The van der Waals surface area contributed by atoms with Crippen molar-refractivity contribution >= 4 is 27.3 Å². The Kier molecular flexibility index (Phi) is 4.69. The van der Waals surface area contributed by atoms with Crippen molar-refractivity contribution in [3.8, 4) is 0 Å². The molecule has 0 amide bonds. The Morgan fingerprint density at radius 3 is 2.52 bits per heavy atom. The molecule has 10 nitrogen and oxygen atoms in total. The van der Waals surface area contributed by atoms with Gasteiger partial charge in [-0.15, -0.1) is 10.2 Å². The summed E-state index contributed by atoms with van der Waals surface area (Å²) in [7, 11) is -3.57. The number of rotatable bonds is 5. The van der Waals surface area contributed by atoms with E-state index in [-0.39, 0.29) is 4.90 Å². The maximum atomic E-state index is 12.5. The van der Waals surface area contributed by atoms with Crippen molar-refractivity contribution in [3.63, 3.8) is 0 Å². The number of sulfonamides is 1. The number of aromatic nitrogens is 4. The fourth-order valence-electron chi connectivity index (χ4n) is 2.77. The summed E-state index contributed by atoms with van der Waals surface area (Å²) < 4.78 is 31.0. The molecule has 1 N–H and O–H groups in total. The van der Waals surface area contributed by atoms with Crippen LogP contribution in [0.5, 0.6) is 0 Å². The number of nitrogens with zero attached hydrogens (tertiary/aromatic N) is 6. The van der Waals surface area contributed by atoms with Gasteiger partial charge in [-0.2, -0.15) is 4.31 Å². The van der Waals surface area contributed by atoms with E-state index in [4.69, 9.17) is 0 Å². The molecule has 1 saturated heterocycles. The predicted octanol–water partition coefficient (Wildman–Crippen LogP) is 1.11. The number of hydrogen-bond donors (Lipinski definition) is 1. The molecule has 0 saturated carbocycles. The third-order valence-electron chi connectivity index (χ3n) is 4.19. The summed E-state index contributed by atoms with van der Waals surface area (Å²) in [6.07, 6.45) is 5.75. The van der Waals surface area contributed by atoms with Crippen LogP contribution in [0, 0.1) is 0 Å². The maximum Gasteiger partial charge on any atom is 0.248 e. The topological polar surface area (TPSA) is 117 Å². The molecule has 27 heavy (non-hydrogen) atoms. The third kappa shape index (κ3) is 3.73. The van der Waals surface area contributed by atoms with Crippen LogP contribution in [0.2, 0.25) is 0 Å². The summed E-state index contributed by atoms with van der Waals surface area (Å²) in [5.41, 5.74) is 0.826. The Bertz CT molecular complexity index is 971. The van der Waals surface area contributed by atoms with Crippen LogP contribution < -0.4 is 10.2 Å². The van der Waals surface area contributed by atoms with Crippen LogP contribution in [0.4, 0.5) is 17.3 Å². The molecule has 3 aromatic rings. The Labute approximate surface area is 155 Å². The zero-order valence-corrected chi connectivity index (χ0v) is 15.1.